The highest BCUT2D eigenvalue weighted by atomic mass is 32.2. The summed E-state index contributed by atoms with van der Waals surface area (Å²) in [4.78, 5) is 12.3. The van der Waals surface area contributed by atoms with Crippen molar-refractivity contribution >= 4 is 21.6 Å². The van der Waals surface area contributed by atoms with Gasteiger partial charge in [0.25, 0.3) is 5.91 Å². The fourth-order valence-electron chi connectivity index (χ4n) is 2.22. The topological polar surface area (TPSA) is 75.3 Å². The molecule has 1 atom stereocenters. The van der Waals surface area contributed by atoms with E-state index in [1.54, 1.807) is 25.1 Å². The lowest BCUT2D eigenvalue weighted by Crippen LogP contribution is -2.27. The Labute approximate surface area is 143 Å². The average Bonchev–Trinajstić information content (AvgIpc) is 2.60. The molecule has 6 heteroatoms. The van der Waals surface area contributed by atoms with Gasteiger partial charge in [0.15, 0.2) is 0 Å². The van der Waals surface area contributed by atoms with Gasteiger partial charge in [-0.1, -0.05) is 43.3 Å². The van der Waals surface area contributed by atoms with Crippen molar-refractivity contribution in [3.05, 3.63) is 65.7 Å². The van der Waals surface area contributed by atoms with Gasteiger partial charge >= 0.3 is 0 Å². The molecular formula is C18H22N2O3S. The van der Waals surface area contributed by atoms with Crippen LogP contribution in [0.3, 0.4) is 0 Å². The zero-order valence-corrected chi connectivity index (χ0v) is 14.6. The summed E-state index contributed by atoms with van der Waals surface area (Å²) in [5.74, 6) is -0.0508. The average molecular weight is 346 g/mol. The smallest absolute Gasteiger partial charge is 0.251 e. The van der Waals surface area contributed by atoms with Crippen LogP contribution in [0.25, 0.3) is 0 Å². The predicted molar refractivity (Wildman–Crippen MR) is 96.7 cm³/mol. The van der Waals surface area contributed by atoms with Crippen molar-refractivity contribution in [1.82, 2.24) is 5.32 Å². The molecule has 0 saturated heterocycles. The number of anilines is 1. The van der Waals surface area contributed by atoms with Gasteiger partial charge in [-0.2, -0.15) is 0 Å². The van der Waals surface area contributed by atoms with E-state index in [4.69, 9.17) is 0 Å². The Morgan fingerprint density at radius 1 is 1.08 bits per heavy atom. The maximum absolute atomic E-state index is 12.3. The Bertz CT molecular complexity index is 789. The molecule has 0 spiro atoms. The molecular weight excluding hydrogens is 324 g/mol. The van der Waals surface area contributed by atoms with Crippen molar-refractivity contribution in [3.63, 3.8) is 0 Å². The summed E-state index contributed by atoms with van der Waals surface area (Å²) >= 11 is 0. The van der Waals surface area contributed by atoms with Gasteiger partial charge in [-0.05, 0) is 36.6 Å². The summed E-state index contributed by atoms with van der Waals surface area (Å²) in [6.45, 7) is 4.11. The minimum Gasteiger partial charge on any atom is -0.351 e. The first kappa shape index (κ1) is 18.0. The molecule has 5 nitrogen and oxygen atoms in total. The summed E-state index contributed by atoms with van der Waals surface area (Å²) in [7, 11) is -3.36. The number of hydrogen-bond acceptors (Lipinski definition) is 3. The number of nitrogens with one attached hydrogen (secondary N) is 2. The first-order valence-electron chi connectivity index (χ1n) is 7.85. The number of hydrogen-bond donors (Lipinski definition) is 2. The Balaban J connectivity index is 2.00. The molecule has 2 aromatic rings. The summed E-state index contributed by atoms with van der Waals surface area (Å²) < 4.78 is 25.7. The number of benzene rings is 2. The quantitative estimate of drug-likeness (QED) is 0.809. The second-order valence-electron chi connectivity index (χ2n) is 5.61. The lowest BCUT2D eigenvalue weighted by Gasteiger charge is -2.13. The lowest BCUT2D eigenvalue weighted by atomic mass is 10.0. The Kier molecular flexibility index (Phi) is 5.98. The van der Waals surface area contributed by atoms with Gasteiger partial charge in [-0.25, -0.2) is 8.42 Å². The van der Waals surface area contributed by atoms with Gasteiger partial charge in [0.05, 0.1) is 5.75 Å². The van der Waals surface area contributed by atoms with Crippen LogP contribution in [-0.2, 0) is 10.0 Å². The van der Waals surface area contributed by atoms with Crippen LogP contribution in [-0.4, -0.2) is 26.6 Å². The van der Waals surface area contributed by atoms with Crippen molar-refractivity contribution in [3.8, 4) is 0 Å². The second-order valence-corrected chi connectivity index (χ2v) is 7.62. The van der Waals surface area contributed by atoms with Crippen LogP contribution in [0.2, 0.25) is 0 Å². The van der Waals surface area contributed by atoms with Gasteiger partial charge < -0.3 is 5.32 Å². The van der Waals surface area contributed by atoms with Gasteiger partial charge in [-0.3, -0.25) is 9.52 Å². The molecule has 0 aliphatic heterocycles. The predicted octanol–water partition coefficient (Wildman–Crippen LogP) is 2.98. The molecule has 0 saturated carbocycles. The number of sulfonamides is 1. The molecule has 2 aromatic carbocycles. The normalized spacial score (nSPS) is 12.4. The monoisotopic (exact) mass is 346 g/mol. The van der Waals surface area contributed by atoms with E-state index in [9.17, 15) is 13.2 Å². The van der Waals surface area contributed by atoms with Crippen LogP contribution in [0, 0.1) is 0 Å². The van der Waals surface area contributed by atoms with Crippen molar-refractivity contribution in [2.24, 2.45) is 0 Å². The SMILES string of the molecule is CCS(=O)(=O)Nc1cccc(C(=O)NC[C@H](C)c2ccccc2)c1. The van der Waals surface area contributed by atoms with E-state index in [0.29, 0.717) is 17.8 Å². The number of rotatable bonds is 7. The molecule has 0 radical (unpaired) electrons. The van der Waals surface area contributed by atoms with Crippen molar-refractivity contribution < 1.29 is 13.2 Å². The summed E-state index contributed by atoms with van der Waals surface area (Å²) in [5, 5.41) is 2.89. The number of amides is 1. The Morgan fingerprint density at radius 3 is 2.46 bits per heavy atom. The molecule has 0 aliphatic rings. The van der Waals surface area contributed by atoms with Crippen LogP contribution >= 0.6 is 0 Å². The minimum atomic E-state index is -3.36. The van der Waals surface area contributed by atoms with Crippen LogP contribution in [0.15, 0.2) is 54.6 Å². The van der Waals surface area contributed by atoms with E-state index in [0.717, 1.165) is 5.56 Å². The molecule has 2 N–H and O–H groups in total. The lowest BCUT2D eigenvalue weighted by molar-refractivity contribution is 0.0951. The van der Waals surface area contributed by atoms with E-state index in [1.165, 1.54) is 6.07 Å². The van der Waals surface area contributed by atoms with Crippen LogP contribution in [0.4, 0.5) is 5.69 Å². The zero-order valence-electron chi connectivity index (χ0n) is 13.8. The highest BCUT2D eigenvalue weighted by Crippen LogP contribution is 2.15. The van der Waals surface area contributed by atoms with Crippen LogP contribution in [0.5, 0.6) is 0 Å². The van der Waals surface area contributed by atoms with E-state index in [1.807, 2.05) is 37.3 Å². The maximum atomic E-state index is 12.3. The van der Waals surface area contributed by atoms with Crippen LogP contribution < -0.4 is 10.0 Å². The van der Waals surface area contributed by atoms with E-state index in [-0.39, 0.29) is 17.6 Å². The van der Waals surface area contributed by atoms with Gasteiger partial charge in [0, 0.05) is 17.8 Å². The highest BCUT2D eigenvalue weighted by Gasteiger charge is 2.11. The second kappa shape index (κ2) is 7.97. The molecule has 24 heavy (non-hydrogen) atoms. The maximum Gasteiger partial charge on any atom is 0.251 e. The van der Waals surface area contributed by atoms with E-state index in [2.05, 4.69) is 10.0 Å². The first-order chi connectivity index (χ1) is 11.4. The fourth-order valence-corrected chi connectivity index (χ4v) is 2.85. The van der Waals surface area contributed by atoms with E-state index >= 15 is 0 Å². The van der Waals surface area contributed by atoms with Crippen LogP contribution in [0.1, 0.15) is 35.7 Å². The van der Waals surface area contributed by atoms with Crippen molar-refractivity contribution in [1.29, 1.82) is 0 Å². The number of carbonyl (C=O) groups excluding carboxylic acids is 1. The van der Waals surface area contributed by atoms with Crippen molar-refractivity contribution in [2.75, 3.05) is 17.0 Å². The molecule has 0 bridgehead atoms. The molecule has 0 unspecified atom stereocenters. The molecule has 128 valence electrons. The molecule has 0 aromatic heterocycles. The molecule has 1 amide bonds. The number of carbonyl (C=O) groups is 1. The first-order valence-corrected chi connectivity index (χ1v) is 9.50. The summed E-state index contributed by atoms with van der Waals surface area (Å²) in [5.41, 5.74) is 1.97. The van der Waals surface area contributed by atoms with Gasteiger partial charge in [0.2, 0.25) is 10.0 Å². The summed E-state index contributed by atoms with van der Waals surface area (Å²) in [6, 6.07) is 16.4. The Morgan fingerprint density at radius 2 is 1.79 bits per heavy atom. The van der Waals surface area contributed by atoms with Crippen molar-refractivity contribution in [2.45, 2.75) is 19.8 Å². The molecule has 0 aliphatic carbocycles. The van der Waals surface area contributed by atoms with E-state index < -0.39 is 10.0 Å². The third kappa shape index (κ3) is 5.09. The van der Waals surface area contributed by atoms with Gasteiger partial charge in [0.1, 0.15) is 0 Å². The third-order valence-electron chi connectivity index (χ3n) is 3.72. The fraction of sp³-hybridized carbons (Fsp3) is 0.278. The molecule has 0 heterocycles. The Hall–Kier alpha value is -2.34. The highest BCUT2D eigenvalue weighted by molar-refractivity contribution is 7.92. The third-order valence-corrected chi connectivity index (χ3v) is 5.02. The largest absolute Gasteiger partial charge is 0.351 e. The zero-order chi connectivity index (χ0) is 17.6. The molecule has 0 fully saturated rings. The standard InChI is InChI=1S/C18H22N2O3S/c1-3-24(22,23)20-17-11-7-10-16(12-17)18(21)19-13-14(2)15-8-5-4-6-9-15/h4-12,14,20H,3,13H2,1-2H3,(H,19,21)/t14-/m0/s1. The molecule has 2 rings (SSSR count). The van der Waals surface area contributed by atoms with Gasteiger partial charge in [-0.15, -0.1) is 0 Å². The minimum absolute atomic E-state index is 0.0159. The summed E-state index contributed by atoms with van der Waals surface area (Å²) in [6.07, 6.45) is 0.